The molecular weight excluding hydrogens is 398 g/mol. The number of fused-ring (bicyclic) bond motifs is 1. The van der Waals surface area contributed by atoms with Crippen LogP contribution in [0, 0.1) is 6.92 Å². The molecule has 0 saturated carbocycles. The van der Waals surface area contributed by atoms with Crippen LogP contribution >= 0.6 is 11.6 Å². The maximum atomic E-state index is 10.5. The average molecular weight is 422 g/mol. The Balaban J connectivity index is 0.000000221. The number of halogens is 1. The molecule has 0 radical (unpaired) electrons. The van der Waals surface area contributed by atoms with E-state index in [1.54, 1.807) is 12.1 Å². The Bertz CT molecular complexity index is 1030. The van der Waals surface area contributed by atoms with E-state index in [0.29, 0.717) is 6.54 Å². The van der Waals surface area contributed by atoms with Crippen molar-refractivity contribution in [2.45, 2.75) is 17.9 Å². The minimum atomic E-state index is -4.02. The first-order valence-corrected chi connectivity index (χ1v) is 10.5. The number of nitrogens with zero attached hydrogens (tertiary/aromatic N) is 1. The SMILES string of the molecule is CN(C)C[C@@H](O)c1ccc(Cl)c2ccccc12.Cc1ccc(S(=O)(=O)O)cc1. The molecule has 3 aromatic rings. The Kier molecular flexibility index (Phi) is 7.57. The van der Waals surface area contributed by atoms with E-state index >= 15 is 0 Å². The maximum Gasteiger partial charge on any atom is 0.294 e. The molecule has 2 N–H and O–H groups in total. The van der Waals surface area contributed by atoms with Gasteiger partial charge < -0.3 is 10.0 Å². The van der Waals surface area contributed by atoms with Crippen molar-refractivity contribution in [3.05, 3.63) is 76.8 Å². The minimum Gasteiger partial charge on any atom is -0.387 e. The Morgan fingerprint density at radius 3 is 2.07 bits per heavy atom. The predicted octanol–water partition coefficient (Wildman–Crippen LogP) is 4.33. The zero-order valence-electron chi connectivity index (χ0n) is 16.0. The van der Waals surface area contributed by atoms with Crippen molar-refractivity contribution >= 4 is 32.5 Å². The van der Waals surface area contributed by atoms with Crippen LogP contribution in [-0.4, -0.2) is 43.6 Å². The van der Waals surface area contributed by atoms with Gasteiger partial charge in [-0.15, -0.1) is 0 Å². The fourth-order valence-corrected chi connectivity index (χ4v) is 3.44. The Morgan fingerprint density at radius 1 is 0.964 bits per heavy atom. The normalized spacial score (nSPS) is 12.5. The van der Waals surface area contributed by atoms with E-state index in [-0.39, 0.29) is 4.90 Å². The standard InChI is InChI=1S/C14H16ClNO.C7H8O3S/c1-16(2)9-14(17)12-7-8-13(15)11-6-4-3-5-10(11)12;1-6-2-4-7(5-3-6)11(8,9)10/h3-8,14,17H,9H2,1-2H3;2-5H,1H3,(H,8,9,10)/t14-;/m1./s1. The summed E-state index contributed by atoms with van der Waals surface area (Å²) in [4.78, 5) is 1.90. The van der Waals surface area contributed by atoms with Gasteiger partial charge in [0.2, 0.25) is 0 Å². The summed E-state index contributed by atoms with van der Waals surface area (Å²) >= 11 is 6.15. The van der Waals surface area contributed by atoms with Gasteiger partial charge in [0.25, 0.3) is 10.1 Å². The van der Waals surface area contributed by atoms with Gasteiger partial charge in [0.15, 0.2) is 0 Å². The monoisotopic (exact) mass is 421 g/mol. The molecular formula is C21H24ClNO4S. The maximum absolute atomic E-state index is 10.5. The van der Waals surface area contributed by atoms with Crippen molar-refractivity contribution in [1.29, 1.82) is 0 Å². The predicted molar refractivity (Wildman–Crippen MR) is 113 cm³/mol. The first-order chi connectivity index (χ1) is 13.1. The lowest BCUT2D eigenvalue weighted by Gasteiger charge is -2.18. The molecule has 1 atom stereocenters. The fourth-order valence-electron chi connectivity index (χ4n) is 2.73. The van der Waals surface area contributed by atoms with Crippen molar-refractivity contribution in [3.63, 3.8) is 0 Å². The van der Waals surface area contributed by atoms with Crippen LogP contribution in [0.4, 0.5) is 0 Å². The lowest BCUT2D eigenvalue weighted by Crippen LogP contribution is -2.20. The quantitative estimate of drug-likeness (QED) is 0.613. The highest BCUT2D eigenvalue weighted by Gasteiger charge is 2.13. The summed E-state index contributed by atoms with van der Waals surface area (Å²) < 4.78 is 29.6. The molecule has 0 aliphatic carbocycles. The van der Waals surface area contributed by atoms with Crippen LogP contribution < -0.4 is 0 Å². The van der Waals surface area contributed by atoms with E-state index in [9.17, 15) is 13.5 Å². The van der Waals surface area contributed by atoms with Crippen LogP contribution in [0.5, 0.6) is 0 Å². The number of likely N-dealkylation sites (N-methyl/N-ethyl adjacent to an activating group) is 1. The molecule has 0 spiro atoms. The highest BCUT2D eigenvalue weighted by Crippen LogP contribution is 2.30. The number of hydrogen-bond acceptors (Lipinski definition) is 4. The van der Waals surface area contributed by atoms with Gasteiger partial charge in [0.1, 0.15) is 0 Å². The number of aliphatic hydroxyl groups excluding tert-OH is 1. The second-order valence-corrected chi connectivity index (χ2v) is 8.58. The second kappa shape index (κ2) is 9.49. The van der Waals surface area contributed by atoms with E-state index in [1.807, 2.05) is 62.3 Å². The van der Waals surface area contributed by atoms with Gasteiger partial charge in [-0.2, -0.15) is 8.42 Å². The minimum absolute atomic E-state index is 0.0666. The molecule has 0 unspecified atom stereocenters. The molecule has 0 aromatic heterocycles. The Hall–Kier alpha value is -1.96. The van der Waals surface area contributed by atoms with Crippen molar-refractivity contribution in [3.8, 4) is 0 Å². The average Bonchev–Trinajstić information content (AvgIpc) is 2.62. The van der Waals surface area contributed by atoms with Gasteiger partial charge in [-0.25, -0.2) is 0 Å². The van der Waals surface area contributed by atoms with E-state index in [2.05, 4.69) is 0 Å². The van der Waals surface area contributed by atoms with Crippen molar-refractivity contribution in [1.82, 2.24) is 4.90 Å². The molecule has 0 aliphatic heterocycles. The summed E-state index contributed by atoms with van der Waals surface area (Å²) in [6.07, 6.45) is -0.493. The number of aliphatic hydroxyl groups is 1. The molecule has 0 heterocycles. The lowest BCUT2D eigenvalue weighted by molar-refractivity contribution is 0.140. The Morgan fingerprint density at radius 2 is 1.54 bits per heavy atom. The fraction of sp³-hybridized carbons (Fsp3) is 0.238. The highest BCUT2D eigenvalue weighted by molar-refractivity contribution is 7.85. The molecule has 28 heavy (non-hydrogen) atoms. The van der Waals surface area contributed by atoms with Gasteiger partial charge in [0, 0.05) is 17.0 Å². The van der Waals surface area contributed by atoms with Gasteiger partial charge in [-0.1, -0.05) is 59.6 Å². The molecule has 3 rings (SSSR count). The smallest absolute Gasteiger partial charge is 0.294 e. The molecule has 0 saturated heterocycles. The van der Waals surface area contributed by atoms with Gasteiger partial charge in [-0.3, -0.25) is 4.55 Å². The van der Waals surface area contributed by atoms with Gasteiger partial charge >= 0.3 is 0 Å². The van der Waals surface area contributed by atoms with Crippen molar-refractivity contribution < 1.29 is 18.1 Å². The van der Waals surface area contributed by atoms with Gasteiger partial charge in [0.05, 0.1) is 11.0 Å². The first-order valence-electron chi connectivity index (χ1n) is 8.63. The van der Waals surface area contributed by atoms with E-state index in [1.165, 1.54) is 12.1 Å². The zero-order valence-corrected chi connectivity index (χ0v) is 17.6. The molecule has 0 amide bonds. The summed E-state index contributed by atoms with van der Waals surface area (Å²) in [6.45, 7) is 2.44. The third-order valence-electron chi connectivity index (χ3n) is 4.12. The number of benzene rings is 3. The topological polar surface area (TPSA) is 77.8 Å². The van der Waals surface area contributed by atoms with Crippen LogP contribution in [0.15, 0.2) is 65.6 Å². The van der Waals surface area contributed by atoms with Crippen LogP contribution in [0.25, 0.3) is 10.8 Å². The summed E-state index contributed by atoms with van der Waals surface area (Å²) in [5.41, 5.74) is 1.89. The number of hydrogen-bond donors (Lipinski definition) is 2. The summed E-state index contributed by atoms with van der Waals surface area (Å²) in [6, 6.07) is 17.6. The molecule has 0 aliphatic rings. The molecule has 5 nitrogen and oxygen atoms in total. The third-order valence-corrected chi connectivity index (χ3v) is 5.32. The van der Waals surface area contributed by atoms with E-state index in [0.717, 1.165) is 26.9 Å². The van der Waals surface area contributed by atoms with Crippen molar-refractivity contribution in [2.75, 3.05) is 20.6 Å². The molecule has 7 heteroatoms. The third kappa shape index (κ3) is 6.02. The number of aryl methyl sites for hydroxylation is 1. The summed E-state index contributed by atoms with van der Waals surface area (Å²) in [7, 11) is -0.128. The molecule has 0 bridgehead atoms. The molecule has 0 fully saturated rings. The van der Waals surface area contributed by atoms with E-state index < -0.39 is 16.2 Å². The molecule has 3 aromatic carbocycles. The van der Waals surface area contributed by atoms with Crippen LogP contribution in [0.1, 0.15) is 17.2 Å². The lowest BCUT2D eigenvalue weighted by atomic mass is 10.00. The Labute approximate surface area is 170 Å². The van der Waals surface area contributed by atoms with Gasteiger partial charge in [-0.05, 0) is 50.2 Å². The second-order valence-electron chi connectivity index (χ2n) is 6.75. The van der Waals surface area contributed by atoms with E-state index in [4.69, 9.17) is 16.2 Å². The number of rotatable bonds is 4. The summed E-state index contributed by atoms with van der Waals surface area (Å²) in [5, 5.41) is 12.9. The zero-order chi connectivity index (χ0) is 20.9. The first kappa shape index (κ1) is 22.3. The van der Waals surface area contributed by atoms with Crippen LogP contribution in [-0.2, 0) is 10.1 Å². The highest BCUT2D eigenvalue weighted by atomic mass is 35.5. The molecule has 150 valence electrons. The van der Waals surface area contributed by atoms with Crippen LogP contribution in [0.2, 0.25) is 5.02 Å². The van der Waals surface area contributed by atoms with Crippen molar-refractivity contribution in [2.24, 2.45) is 0 Å². The largest absolute Gasteiger partial charge is 0.387 e. The summed E-state index contributed by atoms with van der Waals surface area (Å²) in [5.74, 6) is 0. The van der Waals surface area contributed by atoms with Crippen LogP contribution in [0.3, 0.4) is 0 Å².